The Balaban J connectivity index is 1.34. The average Bonchev–Trinajstić information content (AvgIpc) is 3.48. The molecule has 0 aliphatic carbocycles. The van der Waals surface area contributed by atoms with Gasteiger partial charge in [-0.15, -0.1) is 0 Å². The number of aromatic nitrogens is 3. The fourth-order valence-corrected chi connectivity index (χ4v) is 4.60. The van der Waals surface area contributed by atoms with Crippen LogP contribution >= 0.6 is 11.6 Å². The summed E-state index contributed by atoms with van der Waals surface area (Å²) in [7, 11) is 0. The predicted octanol–water partition coefficient (Wildman–Crippen LogP) is 3.83. The molecular weight excluding hydrogens is 442 g/mol. The maximum Gasteiger partial charge on any atom is 0.273 e. The molecule has 0 saturated carbocycles. The number of hydrogen-bond acceptors (Lipinski definition) is 7. The maximum absolute atomic E-state index is 13.5. The van der Waals surface area contributed by atoms with Gasteiger partial charge >= 0.3 is 0 Å². The number of morpholine rings is 1. The van der Waals surface area contributed by atoms with E-state index in [1.54, 1.807) is 12.3 Å². The van der Waals surface area contributed by atoms with E-state index in [2.05, 4.69) is 19.9 Å². The highest BCUT2D eigenvalue weighted by molar-refractivity contribution is 6.30. The molecule has 0 bridgehead atoms. The van der Waals surface area contributed by atoms with Crippen LogP contribution in [0.5, 0.6) is 0 Å². The van der Waals surface area contributed by atoms with E-state index in [0.717, 1.165) is 42.9 Å². The van der Waals surface area contributed by atoms with Gasteiger partial charge in [-0.3, -0.25) is 4.79 Å². The molecule has 0 unspecified atom stereocenters. The van der Waals surface area contributed by atoms with Crippen LogP contribution in [0.2, 0.25) is 5.02 Å². The van der Waals surface area contributed by atoms with Crippen molar-refractivity contribution in [2.45, 2.75) is 32.2 Å². The Hall–Kier alpha value is -2.97. The van der Waals surface area contributed by atoms with Gasteiger partial charge in [-0.25, -0.2) is 15.0 Å². The topological polar surface area (TPSA) is 84.6 Å². The van der Waals surface area contributed by atoms with Gasteiger partial charge in [-0.05, 0) is 43.5 Å². The zero-order chi connectivity index (χ0) is 22.8. The Morgan fingerprint density at radius 1 is 1.18 bits per heavy atom. The standard InChI is InChI=1S/C24H26ClN5O3/c1-16-12-20(28-24(27-16)29-8-10-32-11-9-29)23(31)30-7-3-6-21(30)22-26-15-19(33-22)14-17-4-2-5-18(25)13-17/h2,4-5,12-13,15,21H,3,6-11,14H2,1H3/t21-/m1/s1. The van der Waals surface area contributed by atoms with Crippen molar-refractivity contribution < 1.29 is 13.9 Å². The number of carbonyl (C=O) groups is 1. The number of anilines is 1. The van der Waals surface area contributed by atoms with Crippen molar-refractivity contribution >= 4 is 23.5 Å². The minimum absolute atomic E-state index is 0.118. The second-order valence-electron chi connectivity index (χ2n) is 8.42. The van der Waals surface area contributed by atoms with E-state index in [-0.39, 0.29) is 11.9 Å². The molecule has 4 heterocycles. The zero-order valence-electron chi connectivity index (χ0n) is 18.5. The molecule has 1 aromatic carbocycles. The summed E-state index contributed by atoms with van der Waals surface area (Å²) in [6, 6.07) is 9.23. The van der Waals surface area contributed by atoms with Crippen LogP contribution in [0.3, 0.4) is 0 Å². The normalized spacial score (nSPS) is 18.7. The number of halogens is 1. The number of rotatable bonds is 5. The Kier molecular flexibility index (Phi) is 6.28. The van der Waals surface area contributed by atoms with Gasteiger partial charge in [-0.2, -0.15) is 0 Å². The summed E-state index contributed by atoms with van der Waals surface area (Å²) < 4.78 is 11.5. The summed E-state index contributed by atoms with van der Waals surface area (Å²) in [5.74, 6) is 1.78. The van der Waals surface area contributed by atoms with Crippen LogP contribution < -0.4 is 4.90 Å². The van der Waals surface area contributed by atoms with Gasteiger partial charge < -0.3 is 19.0 Å². The van der Waals surface area contributed by atoms with Crippen molar-refractivity contribution in [3.05, 3.63) is 70.2 Å². The third kappa shape index (κ3) is 4.86. The highest BCUT2D eigenvalue weighted by atomic mass is 35.5. The van der Waals surface area contributed by atoms with Gasteiger partial charge in [0.05, 0.1) is 19.4 Å². The SMILES string of the molecule is Cc1cc(C(=O)N2CCC[C@@H]2c2ncc(Cc3cccc(Cl)c3)o2)nc(N2CCOCC2)n1. The van der Waals surface area contributed by atoms with E-state index in [4.69, 9.17) is 20.8 Å². The fraction of sp³-hybridized carbons (Fsp3) is 0.417. The van der Waals surface area contributed by atoms with Crippen LogP contribution in [0.1, 0.15) is 52.3 Å². The third-order valence-corrected chi connectivity index (χ3v) is 6.23. The lowest BCUT2D eigenvalue weighted by atomic mass is 10.1. The highest BCUT2D eigenvalue weighted by Crippen LogP contribution is 2.33. The minimum Gasteiger partial charge on any atom is -0.443 e. The first-order valence-electron chi connectivity index (χ1n) is 11.3. The number of oxazole rings is 1. The Bertz CT molecular complexity index is 1140. The van der Waals surface area contributed by atoms with E-state index in [1.165, 1.54) is 0 Å². The summed E-state index contributed by atoms with van der Waals surface area (Å²) in [5, 5.41) is 0.691. The van der Waals surface area contributed by atoms with Gasteiger partial charge in [0, 0.05) is 36.8 Å². The molecule has 2 aliphatic rings. The largest absolute Gasteiger partial charge is 0.443 e. The minimum atomic E-state index is -0.201. The molecule has 3 aromatic rings. The van der Waals surface area contributed by atoms with Crippen molar-refractivity contribution in [3.63, 3.8) is 0 Å². The van der Waals surface area contributed by atoms with Crippen molar-refractivity contribution in [3.8, 4) is 0 Å². The lowest BCUT2D eigenvalue weighted by molar-refractivity contribution is 0.0708. The summed E-state index contributed by atoms with van der Waals surface area (Å²) in [5.41, 5.74) is 2.23. The van der Waals surface area contributed by atoms with Crippen molar-refractivity contribution in [1.29, 1.82) is 0 Å². The summed E-state index contributed by atoms with van der Waals surface area (Å²) >= 11 is 6.09. The van der Waals surface area contributed by atoms with Crippen molar-refractivity contribution in [2.75, 3.05) is 37.7 Å². The van der Waals surface area contributed by atoms with Gasteiger partial charge in [-0.1, -0.05) is 23.7 Å². The molecule has 0 spiro atoms. The average molecular weight is 468 g/mol. The number of benzene rings is 1. The first-order chi connectivity index (χ1) is 16.1. The highest BCUT2D eigenvalue weighted by Gasteiger charge is 2.35. The fourth-order valence-electron chi connectivity index (χ4n) is 4.39. The molecular formula is C24H26ClN5O3. The maximum atomic E-state index is 13.5. The molecule has 0 radical (unpaired) electrons. The summed E-state index contributed by atoms with van der Waals surface area (Å²) in [6.45, 7) is 5.24. The number of nitrogens with zero attached hydrogens (tertiary/aromatic N) is 5. The number of hydrogen-bond donors (Lipinski definition) is 0. The van der Waals surface area contributed by atoms with E-state index in [9.17, 15) is 4.79 Å². The number of aryl methyl sites for hydroxylation is 1. The number of amides is 1. The quantitative estimate of drug-likeness (QED) is 0.563. The smallest absolute Gasteiger partial charge is 0.273 e. The molecule has 2 aromatic heterocycles. The van der Waals surface area contributed by atoms with E-state index in [1.807, 2.05) is 36.1 Å². The molecule has 172 valence electrons. The molecule has 8 nitrogen and oxygen atoms in total. The van der Waals surface area contributed by atoms with Crippen molar-refractivity contribution in [2.24, 2.45) is 0 Å². The molecule has 1 amide bonds. The van der Waals surface area contributed by atoms with Crippen LogP contribution in [-0.4, -0.2) is 58.6 Å². The van der Waals surface area contributed by atoms with Gasteiger partial charge in [0.25, 0.3) is 5.91 Å². The first-order valence-corrected chi connectivity index (χ1v) is 11.6. The van der Waals surface area contributed by atoms with Gasteiger partial charge in [0.1, 0.15) is 17.5 Å². The number of carbonyl (C=O) groups excluding carboxylic acids is 1. The molecule has 1 atom stereocenters. The Labute approximate surface area is 197 Å². The summed E-state index contributed by atoms with van der Waals surface area (Å²) in [6.07, 6.45) is 4.04. The molecule has 2 aliphatic heterocycles. The number of likely N-dealkylation sites (tertiary alicyclic amines) is 1. The zero-order valence-corrected chi connectivity index (χ0v) is 19.3. The number of ether oxygens (including phenoxy) is 1. The van der Waals surface area contributed by atoms with Crippen LogP contribution in [0, 0.1) is 6.92 Å². The first kappa shape index (κ1) is 21.9. The molecule has 5 rings (SSSR count). The molecule has 0 N–H and O–H groups in total. The molecule has 9 heteroatoms. The van der Waals surface area contributed by atoms with Crippen LogP contribution in [0.4, 0.5) is 5.95 Å². The lowest BCUT2D eigenvalue weighted by Gasteiger charge is -2.27. The van der Waals surface area contributed by atoms with Crippen molar-refractivity contribution in [1.82, 2.24) is 19.9 Å². The molecule has 2 saturated heterocycles. The summed E-state index contributed by atoms with van der Waals surface area (Å²) in [4.78, 5) is 31.0. The monoisotopic (exact) mass is 467 g/mol. The third-order valence-electron chi connectivity index (χ3n) is 5.99. The second-order valence-corrected chi connectivity index (χ2v) is 8.86. The lowest BCUT2D eigenvalue weighted by Crippen LogP contribution is -2.38. The Morgan fingerprint density at radius 2 is 2.03 bits per heavy atom. The van der Waals surface area contributed by atoms with Crippen LogP contribution in [0.15, 0.2) is 40.9 Å². The molecule has 33 heavy (non-hydrogen) atoms. The van der Waals surface area contributed by atoms with E-state index in [0.29, 0.717) is 48.7 Å². The van der Waals surface area contributed by atoms with E-state index >= 15 is 0 Å². The van der Waals surface area contributed by atoms with Gasteiger partial charge in [0.15, 0.2) is 0 Å². The predicted molar refractivity (Wildman–Crippen MR) is 124 cm³/mol. The molecule has 2 fully saturated rings. The second kappa shape index (κ2) is 9.49. The van der Waals surface area contributed by atoms with Crippen LogP contribution in [-0.2, 0) is 11.2 Å². The van der Waals surface area contributed by atoms with Crippen LogP contribution in [0.25, 0.3) is 0 Å². The van der Waals surface area contributed by atoms with E-state index < -0.39 is 0 Å². The Morgan fingerprint density at radius 3 is 2.85 bits per heavy atom. The van der Waals surface area contributed by atoms with Gasteiger partial charge in [0.2, 0.25) is 11.8 Å².